The monoisotopic (exact) mass is 191 g/mol. The summed E-state index contributed by atoms with van der Waals surface area (Å²) in [6, 6.07) is 1.48. The molecule has 14 heavy (non-hydrogen) atoms. The second-order valence-corrected chi connectivity index (χ2v) is 2.92. The lowest BCUT2D eigenvalue weighted by Gasteiger charge is -1.86. The highest BCUT2D eigenvalue weighted by molar-refractivity contribution is 5.94. The van der Waals surface area contributed by atoms with Crippen LogP contribution in [0.2, 0.25) is 0 Å². The maximum Gasteiger partial charge on any atom is 0.352 e. The van der Waals surface area contributed by atoms with Crippen molar-refractivity contribution in [2.75, 3.05) is 0 Å². The first kappa shape index (κ1) is 8.62. The average Bonchev–Trinajstić information content (AvgIpc) is 2.67. The first-order valence-electron chi connectivity index (χ1n) is 4.18. The fourth-order valence-corrected chi connectivity index (χ4v) is 1.35. The minimum Gasteiger partial charge on any atom is -0.477 e. The minimum absolute atomic E-state index is 0.144. The fourth-order valence-electron chi connectivity index (χ4n) is 1.35. The molecular formula is C10H9NO3. The molecule has 0 atom stereocenters. The summed E-state index contributed by atoms with van der Waals surface area (Å²) in [5, 5.41) is 8.73. The zero-order chi connectivity index (χ0) is 10.1. The van der Waals surface area contributed by atoms with Crippen molar-refractivity contribution in [2.24, 2.45) is 0 Å². The molecule has 0 saturated heterocycles. The van der Waals surface area contributed by atoms with E-state index >= 15 is 0 Å². The lowest BCUT2D eigenvalue weighted by atomic mass is 10.3. The van der Waals surface area contributed by atoms with Gasteiger partial charge in [-0.2, -0.15) is 0 Å². The number of nitrogens with one attached hydrogen (secondary N) is 1. The summed E-state index contributed by atoms with van der Waals surface area (Å²) in [6.45, 7) is 1.89. The van der Waals surface area contributed by atoms with Gasteiger partial charge in [-0.3, -0.25) is 0 Å². The first-order valence-corrected chi connectivity index (χ1v) is 4.18. The molecule has 0 amide bonds. The van der Waals surface area contributed by atoms with Crippen molar-refractivity contribution in [3.8, 4) is 0 Å². The van der Waals surface area contributed by atoms with Gasteiger partial charge in [-0.05, 0) is 6.92 Å². The molecule has 2 aromatic rings. The lowest BCUT2D eigenvalue weighted by Crippen LogP contribution is -1.95. The molecule has 0 spiro atoms. The third kappa shape index (κ3) is 1.21. The molecular weight excluding hydrogens is 182 g/mol. The zero-order valence-electron chi connectivity index (χ0n) is 7.57. The first-order chi connectivity index (χ1) is 6.72. The van der Waals surface area contributed by atoms with Crippen LogP contribution >= 0.6 is 0 Å². The topological polar surface area (TPSA) is 66.2 Å². The van der Waals surface area contributed by atoms with Crippen LogP contribution < -0.4 is 0 Å². The van der Waals surface area contributed by atoms with Gasteiger partial charge in [0, 0.05) is 11.6 Å². The fraction of sp³-hybridized carbons (Fsp3) is 0.100. The van der Waals surface area contributed by atoms with Crippen LogP contribution in [0.25, 0.3) is 17.2 Å². The highest BCUT2D eigenvalue weighted by Crippen LogP contribution is 2.22. The molecule has 0 unspecified atom stereocenters. The van der Waals surface area contributed by atoms with Crippen LogP contribution in [-0.4, -0.2) is 16.1 Å². The molecule has 72 valence electrons. The molecule has 0 bridgehead atoms. The molecule has 0 radical (unpaired) electrons. The van der Waals surface area contributed by atoms with E-state index in [1.54, 1.807) is 6.26 Å². The number of allylic oxidation sites excluding steroid dienone is 1. The number of aromatic nitrogens is 1. The molecule has 2 aromatic heterocycles. The zero-order valence-corrected chi connectivity index (χ0v) is 7.57. The standard InChI is InChI=1S/C10H9NO3/c1-2-3-6-5-14-8-4-7(10(12)13)11-9(6)8/h2-5,11H,1H3,(H,12,13). The van der Waals surface area contributed by atoms with Crippen LogP contribution in [0.3, 0.4) is 0 Å². The van der Waals surface area contributed by atoms with Gasteiger partial charge >= 0.3 is 5.97 Å². The second kappa shape index (κ2) is 3.06. The Labute approximate surface area is 79.8 Å². The van der Waals surface area contributed by atoms with Gasteiger partial charge in [0.15, 0.2) is 5.58 Å². The van der Waals surface area contributed by atoms with Crippen molar-refractivity contribution in [3.63, 3.8) is 0 Å². The summed E-state index contributed by atoms with van der Waals surface area (Å²) < 4.78 is 5.19. The van der Waals surface area contributed by atoms with Crippen molar-refractivity contribution in [3.05, 3.63) is 29.7 Å². The van der Waals surface area contributed by atoms with E-state index in [-0.39, 0.29) is 5.69 Å². The number of fused-ring (bicyclic) bond motifs is 1. The number of rotatable bonds is 2. The van der Waals surface area contributed by atoms with Crippen LogP contribution in [-0.2, 0) is 0 Å². The number of aromatic amines is 1. The summed E-state index contributed by atoms with van der Waals surface area (Å²) in [4.78, 5) is 13.4. The Hall–Kier alpha value is -1.97. The maximum absolute atomic E-state index is 10.6. The van der Waals surface area contributed by atoms with E-state index in [4.69, 9.17) is 9.52 Å². The predicted molar refractivity (Wildman–Crippen MR) is 52.2 cm³/mol. The van der Waals surface area contributed by atoms with Crippen LogP contribution in [0.5, 0.6) is 0 Å². The summed E-state index contributed by atoms with van der Waals surface area (Å²) in [5.74, 6) is -0.983. The van der Waals surface area contributed by atoms with Gasteiger partial charge in [0.25, 0.3) is 0 Å². The normalized spacial score (nSPS) is 11.5. The van der Waals surface area contributed by atoms with Gasteiger partial charge in [-0.15, -0.1) is 0 Å². The summed E-state index contributed by atoms with van der Waals surface area (Å²) in [5.41, 5.74) is 2.29. The molecule has 0 aliphatic carbocycles. The van der Waals surface area contributed by atoms with Crippen molar-refractivity contribution >= 4 is 23.1 Å². The van der Waals surface area contributed by atoms with E-state index in [0.717, 1.165) is 11.1 Å². The van der Waals surface area contributed by atoms with Gasteiger partial charge in [0.05, 0.1) is 5.52 Å². The third-order valence-corrected chi connectivity index (χ3v) is 1.96. The molecule has 2 heterocycles. The Balaban J connectivity index is 2.61. The van der Waals surface area contributed by atoms with E-state index in [1.165, 1.54) is 6.07 Å². The minimum atomic E-state index is -0.983. The predicted octanol–water partition coefficient (Wildman–Crippen LogP) is 2.49. The van der Waals surface area contributed by atoms with Crippen LogP contribution in [0, 0.1) is 0 Å². The number of carboxylic acid groups (broad SMARTS) is 1. The number of aromatic carboxylic acids is 1. The van der Waals surface area contributed by atoms with Gasteiger partial charge < -0.3 is 14.5 Å². The Morgan fingerprint density at radius 2 is 2.43 bits per heavy atom. The molecule has 0 aliphatic heterocycles. The molecule has 4 nitrogen and oxygen atoms in total. The van der Waals surface area contributed by atoms with E-state index < -0.39 is 5.97 Å². The van der Waals surface area contributed by atoms with Crippen molar-refractivity contribution in [2.45, 2.75) is 6.92 Å². The average molecular weight is 191 g/mol. The van der Waals surface area contributed by atoms with Gasteiger partial charge in [0.2, 0.25) is 0 Å². The van der Waals surface area contributed by atoms with Gasteiger partial charge in [0.1, 0.15) is 12.0 Å². The molecule has 0 aromatic carbocycles. The van der Waals surface area contributed by atoms with Gasteiger partial charge in [-0.1, -0.05) is 12.2 Å². The molecule has 0 fully saturated rings. The number of hydrogen-bond acceptors (Lipinski definition) is 2. The Kier molecular flexibility index (Phi) is 1.89. The van der Waals surface area contributed by atoms with Crippen LogP contribution in [0.4, 0.5) is 0 Å². The molecule has 2 rings (SSSR count). The molecule has 0 saturated carbocycles. The number of furan rings is 1. The number of H-pyrrole nitrogens is 1. The SMILES string of the molecule is CC=Cc1coc2cc(C(=O)O)[nH]c12. The molecule has 4 heteroatoms. The van der Waals surface area contributed by atoms with E-state index in [1.807, 2.05) is 19.1 Å². The number of hydrogen-bond donors (Lipinski definition) is 2. The lowest BCUT2D eigenvalue weighted by molar-refractivity contribution is 0.0691. The summed E-state index contributed by atoms with van der Waals surface area (Å²) >= 11 is 0. The number of carboxylic acids is 1. The highest BCUT2D eigenvalue weighted by atomic mass is 16.4. The third-order valence-electron chi connectivity index (χ3n) is 1.96. The van der Waals surface area contributed by atoms with Crippen LogP contribution in [0.1, 0.15) is 23.0 Å². The second-order valence-electron chi connectivity index (χ2n) is 2.92. The molecule has 0 aliphatic rings. The van der Waals surface area contributed by atoms with Crippen LogP contribution in [0.15, 0.2) is 22.8 Å². The van der Waals surface area contributed by atoms with Gasteiger partial charge in [-0.25, -0.2) is 4.79 Å². The Morgan fingerprint density at radius 1 is 1.64 bits per heavy atom. The smallest absolute Gasteiger partial charge is 0.352 e. The highest BCUT2D eigenvalue weighted by Gasteiger charge is 2.11. The Morgan fingerprint density at radius 3 is 3.07 bits per heavy atom. The van der Waals surface area contributed by atoms with Crippen molar-refractivity contribution in [1.82, 2.24) is 4.98 Å². The molecule has 2 N–H and O–H groups in total. The van der Waals surface area contributed by atoms with Crippen molar-refractivity contribution < 1.29 is 14.3 Å². The van der Waals surface area contributed by atoms with E-state index in [2.05, 4.69) is 4.98 Å². The summed E-state index contributed by atoms with van der Waals surface area (Å²) in [7, 11) is 0. The maximum atomic E-state index is 10.6. The quantitative estimate of drug-likeness (QED) is 0.766. The Bertz CT molecular complexity index is 504. The largest absolute Gasteiger partial charge is 0.477 e. The summed E-state index contributed by atoms with van der Waals surface area (Å²) in [6.07, 6.45) is 5.31. The number of carbonyl (C=O) groups is 1. The van der Waals surface area contributed by atoms with Crippen molar-refractivity contribution in [1.29, 1.82) is 0 Å². The van der Waals surface area contributed by atoms with E-state index in [0.29, 0.717) is 5.58 Å². The van der Waals surface area contributed by atoms with E-state index in [9.17, 15) is 4.79 Å².